The second-order valence-electron chi connectivity index (χ2n) is 7.84. The van der Waals surface area contributed by atoms with E-state index in [1.807, 2.05) is 44.4 Å². The summed E-state index contributed by atoms with van der Waals surface area (Å²) < 4.78 is 0. The highest BCUT2D eigenvalue weighted by Gasteiger charge is 2.25. The number of amides is 2. The zero-order valence-electron chi connectivity index (χ0n) is 17.1. The number of nitrogens with zero attached hydrogens (tertiary/aromatic N) is 1. The lowest BCUT2D eigenvalue weighted by Gasteiger charge is -2.25. The van der Waals surface area contributed by atoms with Crippen LogP contribution >= 0.6 is 0 Å². The molecule has 3 rings (SSSR count). The van der Waals surface area contributed by atoms with E-state index in [0.29, 0.717) is 18.5 Å². The molecular weight excluding hydrogens is 362 g/mol. The maximum Gasteiger partial charge on any atom is 0.248 e. The molecule has 2 aromatic rings. The van der Waals surface area contributed by atoms with Gasteiger partial charge in [0.1, 0.15) is 0 Å². The van der Waals surface area contributed by atoms with Gasteiger partial charge in [0.2, 0.25) is 11.8 Å². The highest BCUT2D eigenvalue weighted by Crippen LogP contribution is 2.37. The molecule has 0 saturated carbocycles. The largest absolute Gasteiger partial charge is 0.366 e. The Hall–Kier alpha value is -2.92. The first-order valence-corrected chi connectivity index (χ1v) is 9.99. The summed E-state index contributed by atoms with van der Waals surface area (Å²) in [5.41, 5.74) is 9.46. The van der Waals surface area contributed by atoms with Crippen LogP contribution in [0.4, 0.5) is 0 Å². The molecule has 0 aliphatic heterocycles. The molecule has 2 amide bonds. The van der Waals surface area contributed by atoms with Crippen LogP contribution in [-0.4, -0.2) is 43.4 Å². The van der Waals surface area contributed by atoms with Gasteiger partial charge in [-0.3, -0.25) is 9.59 Å². The molecule has 0 saturated heterocycles. The number of rotatable bonds is 10. The first-order valence-electron chi connectivity index (χ1n) is 9.99. The highest BCUT2D eigenvalue weighted by molar-refractivity contribution is 5.92. The summed E-state index contributed by atoms with van der Waals surface area (Å²) >= 11 is 0. The molecule has 2 atom stereocenters. The predicted molar refractivity (Wildman–Crippen MR) is 116 cm³/mol. The van der Waals surface area contributed by atoms with Crippen LogP contribution < -0.4 is 11.1 Å². The Morgan fingerprint density at radius 3 is 2.28 bits per heavy atom. The fraction of sp³-hybridized carbons (Fsp3) is 0.333. The summed E-state index contributed by atoms with van der Waals surface area (Å²) in [5.74, 6) is -0.176. The fourth-order valence-electron chi connectivity index (χ4n) is 3.50. The summed E-state index contributed by atoms with van der Waals surface area (Å²) in [6.07, 6.45) is 4.46. The van der Waals surface area contributed by atoms with Crippen LogP contribution in [0.25, 0.3) is 0 Å². The van der Waals surface area contributed by atoms with Crippen molar-refractivity contribution in [2.45, 2.75) is 31.2 Å². The lowest BCUT2D eigenvalue weighted by molar-refractivity contribution is -0.121. The van der Waals surface area contributed by atoms with Crippen molar-refractivity contribution in [2.75, 3.05) is 20.6 Å². The Balaban J connectivity index is 1.56. The van der Waals surface area contributed by atoms with Crippen molar-refractivity contribution in [3.05, 3.63) is 82.9 Å². The molecule has 0 fully saturated rings. The van der Waals surface area contributed by atoms with Crippen LogP contribution in [0.3, 0.4) is 0 Å². The number of nitrogens with one attached hydrogen (secondary N) is 1. The lowest BCUT2D eigenvalue weighted by atomic mass is 9.92. The molecule has 2 aromatic carbocycles. The normalized spacial score (nSPS) is 14.8. The van der Waals surface area contributed by atoms with Crippen LogP contribution in [0.15, 0.2) is 66.2 Å². The van der Waals surface area contributed by atoms with Gasteiger partial charge in [-0.25, -0.2) is 0 Å². The third-order valence-electron chi connectivity index (χ3n) is 5.45. The van der Waals surface area contributed by atoms with Gasteiger partial charge in [-0.05, 0) is 50.2 Å². The van der Waals surface area contributed by atoms with Gasteiger partial charge < -0.3 is 16.0 Å². The molecule has 0 spiro atoms. The lowest BCUT2D eigenvalue weighted by Crippen LogP contribution is -2.41. The van der Waals surface area contributed by atoms with E-state index in [1.165, 1.54) is 11.1 Å². The third-order valence-corrected chi connectivity index (χ3v) is 5.45. The second-order valence-corrected chi connectivity index (χ2v) is 7.84. The Labute approximate surface area is 172 Å². The molecule has 29 heavy (non-hydrogen) atoms. The number of benzene rings is 2. The number of primary amides is 1. The summed E-state index contributed by atoms with van der Waals surface area (Å²) in [6.45, 7) is 0.573. The Kier molecular flexibility index (Phi) is 6.83. The molecule has 5 heteroatoms. The number of carbonyl (C=O) groups is 2. The van der Waals surface area contributed by atoms with Gasteiger partial charge in [0.25, 0.3) is 0 Å². The zero-order chi connectivity index (χ0) is 20.8. The van der Waals surface area contributed by atoms with Crippen LogP contribution in [0, 0.1) is 0 Å². The quantitative estimate of drug-likeness (QED) is 0.612. The molecule has 1 aliphatic carbocycles. The van der Waals surface area contributed by atoms with Crippen molar-refractivity contribution in [1.29, 1.82) is 0 Å². The van der Waals surface area contributed by atoms with E-state index in [-0.39, 0.29) is 17.9 Å². The van der Waals surface area contributed by atoms with Gasteiger partial charge in [0.15, 0.2) is 0 Å². The monoisotopic (exact) mass is 391 g/mol. The van der Waals surface area contributed by atoms with E-state index in [1.54, 1.807) is 12.1 Å². The van der Waals surface area contributed by atoms with Crippen molar-refractivity contribution >= 4 is 11.8 Å². The van der Waals surface area contributed by atoms with Crippen molar-refractivity contribution in [3.63, 3.8) is 0 Å². The highest BCUT2D eigenvalue weighted by atomic mass is 16.1. The molecule has 1 aliphatic rings. The van der Waals surface area contributed by atoms with Crippen LogP contribution in [0.2, 0.25) is 0 Å². The van der Waals surface area contributed by atoms with Gasteiger partial charge in [0, 0.05) is 30.5 Å². The summed E-state index contributed by atoms with van der Waals surface area (Å²) in [5, 5.41) is 3.11. The molecule has 3 N–H and O–H groups in total. The van der Waals surface area contributed by atoms with Gasteiger partial charge in [-0.2, -0.15) is 0 Å². The van der Waals surface area contributed by atoms with Crippen molar-refractivity contribution in [2.24, 2.45) is 5.73 Å². The van der Waals surface area contributed by atoms with Crippen LogP contribution in [0.5, 0.6) is 0 Å². The summed E-state index contributed by atoms with van der Waals surface area (Å²) in [6, 6.07) is 17.7. The Morgan fingerprint density at radius 1 is 1.07 bits per heavy atom. The molecule has 0 heterocycles. The number of allylic oxidation sites excluding steroid dienone is 2. The maximum atomic E-state index is 12.6. The molecule has 0 unspecified atom stereocenters. The SMILES string of the molecule is CN(C)[C@H](CNC(=O)C[C@@H](C1=CC1)c1ccccc1)Cc1ccc(C(N)=O)cc1. The predicted octanol–water partition coefficient (Wildman–Crippen LogP) is 2.88. The molecule has 0 bridgehead atoms. The fourth-order valence-corrected chi connectivity index (χ4v) is 3.50. The summed E-state index contributed by atoms with van der Waals surface area (Å²) in [7, 11) is 4.02. The number of hydrogen-bond donors (Lipinski definition) is 2. The Morgan fingerprint density at radius 2 is 1.72 bits per heavy atom. The van der Waals surface area contributed by atoms with Gasteiger partial charge >= 0.3 is 0 Å². The van der Waals surface area contributed by atoms with E-state index in [0.717, 1.165) is 18.4 Å². The number of nitrogens with two attached hydrogens (primary N) is 1. The standard InChI is InChI=1S/C24H29N3O2/c1-27(2)21(14-17-8-10-20(11-9-17)24(25)29)16-26-23(28)15-22(19-12-13-19)18-6-4-3-5-7-18/h3-12,21-22H,13-16H2,1-2H3,(H2,25,29)(H,26,28)/t21-,22+/m0/s1. The van der Waals surface area contributed by atoms with E-state index in [4.69, 9.17) is 5.73 Å². The van der Waals surface area contributed by atoms with E-state index >= 15 is 0 Å². The maximum absolute atomic E-state index is 12.6. The van der Waals surface area contributed by atoms with Crippen molar-refractivity contribution in [1.82, 2.24) is 10.2 Å². The average molecular weight is 392 g/mol. The third kappa shape index (κ3) is 6.03. The number of hydrogen-bond acceptors (Lipinski definition) is 3. The van der Waals surface area contributed by atoms with Crippen molar-refractivity contribution < 1.29 is 9.59 Å². The second kappa shape index (κ2) is 9.52. The minimum atomic E-state index is -0.424. The molecule has 5 nitrogen and oxygen atoms in total. The van der Waals surface area contributed by atoms with Crippen LogP contribution in [-0.2, 0) is 11.2 Å². The Bertz CT molecular complexity index is 873. The zero-order valence-corrected chi connectivity index (χ0v) is 17.1. The topological polar surface area (TPSA) is 75.4 Å². The molecule has 0 aromatic heterocycles. The number of carbonyl (C=O) groups excluding carboxylic acids is 2. The smallest absolute Gasteiger partial charge is 0.248 e. The molecular formula is C24H29N3O2. The van der Waals surface area contributed by atoms with E-state index in [2.05, 4.69) is 28.4 Å². The molecule has 152 valence electrons. The van der Waals surface area contributed by atoms with Gasteiger partial charge in [0.05, 0.1) is 0 Å². The van der Waals surface area contributed by atoms with Gasteiger partial charge in [-0.15, -0.1) is 0 Å². The van der Waals surface area contributed by atoms with E-state index < -0.39 is 5.91 Å². The van der Waals surface area contributed by atoms with Gasteiger partial charge in [-0.1, -0.05) is 54.1 Å². The minimum Gasteiger partial charge on any atom is -0.366 e. The van der Waals surface area contributed by atoms with E-state index in [9.17, 15) is 9.59 Å². The first-order chi connectivity index (χ1) is 13.9. The average Bonchev–Trinajstić information content (AvgIpc) is 3.55. The number of likely N-dealkylation sites (N-methyl/N-ethyl adjacent to an activating group) is 1. The minimum absolute atomic E-state index is 0.0718. The van der Waals surface area contributed by atoms with Crippen molar-refractivity contribution in [3.8, 4) is 0 Å². The molecule has 0 radical (unpaired) electrons. The summed E-state index contributed by atoms with van der Waals surface area (Å²) in [4.78, 5) is 26.0. The van der Waals surface area contributed by atoms with Crippen LogP contribution in [0.1, 0.15) is 40.2 Å². The first kappa shape index (κ1) is 20.8.